The van der Waals surface area contributed by atoms with E-state index < -0.39 is 0 Å². The van der Waals surface area contributed by atoms with Crippen molar-refractivity contribution in [1.29, 1.82) is 0 Å². The predicted octanol–water partition coefficient (Wildman–Crippen LogP) is 2.85. The lowest BCUT2D eigenvalue weighted by Gasteiger charge is -2.33. The molecular weight excluding hydrogens is 236 g/mol. The molecule has 4 heteroatoms. The molecule has 0 bridgehead atoms. The molecule has 1 rings (SSSR count). The van der Waals surface area contributed by atoms with Gasteiger partial charge in [0.2, 0.25) is 0 Å². The molecule has 0 atom stereocenters. The van der Waals surface area contributed by atoms with E-state index in [2.05, 4.69) is 30.8 Å². The predicted molar refractivity (Wildman–Crippen MR) is 71.8 cm³/mol. The number of aromatic nitrogens is 1. The van der Waals surface area contributed by atoms with Crippen molar-refractivity contribution >= 4 is 11.6 Å². The van der Waals surface area contributed by atoms with Gasteiger partial charge in [-0.25, -0.2) is 0 Å². The van der Waals surface area contributed by atoms with Gasteiger partial charge < -0.3 is 4.74 Å². The largest absolute Gasteiger partial charge is 0.497 e. The molecular formula is C13H21ClN2O. The van der Waals surface area contributed by atoms with Crippen molar-refractivity contribution in [2.45, 2.75) is 32.9 Å². The number of methoxy groups -OCH3 is 1. The number of hydrogen-bond donors (Lipinski definition) is 0. The third-order valence-corrected chi connectivity index (χ3v) is 3.63. The Hall–Kier alpha value is -0.800. The lowest BCUT2D eigenvalue weighted by molar-refractivity contribution is 0.168. The topological polar surface area (TPSA) is 25.4 Å². The van der Waals surface area contributed by atoms with Gasteiger partial charge >= 0.3 is 0 Å². The quantitative estimate of drug-likeness (QED) is 0.758. The monoisotopic (exact) mass is 256 g/mol. The van der Waals surface area contributed by atoms with Gasteiger partial charge in [-0.1, -0.05) is 0 Å². The highest BCUT2D eigenvalue weighted by Crippen LogP contribution is 2.19. The second-order valence-corrected chi connectivity index (χ2v) is 5.21. The number of nitrogens with zero attached hydrogens (tertiary/aromatic N) is 2. The summed E-state index contributed by atoms with van der Waals surface area (Å²) in [5.41, 5.74) is 1.93. The highest BCUT2D eigenvalue weighted by molar-refractivity contribution is 6.18. The van der Waals surface area contributed by atoms with E-state index in [0.29, 0.717) is 5.88 Å². The SMILES string of the molecule is COc1cc(C)nc(CN(C)C(C)(C)CCl)c1. The molecule has 1 aromatic heterocycles. The smallest absolute Gasteiger partial charge is 0.122 e. The molecule has 0 saturated heterocycles. The molecule has 1 aromatic rings. The molecule has 0 fully saturated rings. The number of halogens is 1. The summed E-state index contributed by atoms with van der Waals surface area (Å²) < 4.78 is 5.24. The fourth-order valence-corrected chi connectivity index (χ4v) is 1.66. The third-order valence-electron chi connectivity index (χ3n) is 2.98. The fourth-order valence-electron chi connectivity index (χ4n) is 1.46. The van der Waals surface area contributed by atoms with Crippen molar-refractivity contribution in [2.24, 2.45) is 0 Å². The van der Waals surface area contributed by atoms with Crippen molar-refractivity contribution < 1.29 is 4.74 Å². The summed E-state index contributed by atoms with van der Waals surface area (Å²) in [4.78, 5) is 6.70. The summed E-state index contributed by atoms with van der Waals surface area (Å²) in [6, 6.07) is 3.89. The van der Waals surface area contributed by atoms with Gasteiger partial charge in [-0.05, 0) is 27.8 Å². The van der Waals surface area contributed by atoms with Crippen molar-refractivity contribution in [3.63, 3.8) is 0 Å². The molecule has 0 N–H and O–H groups in total. The second-order valence-electron chi connectivity index (χ2n) is 4.94. The minimum absolute atomic E-state index is 0.0415. The first-order chi connectivity index (χ1) is 7.89. The Morgan fingerprint density at radius 2 is 2.06 bits per heavy atom. The van der Waals surface area contributed by atoms with Gasteiger partial charge in [-0.15, -0.1) is 11.6 Å². The van der Waals surface area contributed by atoms with Crippen LogP contribution in [0, 0.1) is 6.92 Å². The van der Waals surface area contributed by atoms with Gasteiger partial charge in [0.05, 0.1) is 12.8 Å². The molecule has 0 amide bonds. The van der Waals surface area contributed by atoms with Crippen LogP contribution in [0.25, 0.3) is 0 Å². The first-order valence-electron chi connectivity index (χ1n) is 5.68. The van der Waals surface area contributed by atoms with Crippen molar-refractivity contribution in [2.75, 3.05) is 20.0 Å². The van der Waals surface area contributed by atoms with Crippen LogP contribution in [-0.4, -0.2) is 35.5 Å². The summed E-state index contributed by atoms with van der Waals surface area (Å²) in [6.07, 6.45) is 0. The fraction of sp³-hybridized carbons (Fsp3) is 0.615. The van der Waals surface area contributed by atoms with Crippen LogP contribution in [0.5, 0.6) is 5.75 Å². The van der Waals surface area contributed by atoms with Crippen LogP contribution in [0.1, 0.15) is 25.2 Å². The molecule has 0 aliphatic rings. The summed E-state index contributed by atoms with van der Waals surface area (Å²) in [6.45, 7) is 6.97. The Morgan fingerprint density at radius 3 is 2.59 bits per heavy atom. The zero-order valence-electron chi connectivity index (χ0n) is 11.2. The van der Waals surface area contributed by atoms with Crippen LogP contribution < -0.4 is 4.74 Å². The molecule has 0 aliphatic heterocycles. The van der Waals surface area contributed by atoms with Gasteiger partial charge in [-0.3, -0.25) is 9.88 Å². The van der Waals surface area contributed by atoms with E-state index >= 15 is 0 Å². The van der Waals surface area contributed by atoms with E-state index in [-0.39, 0.29) is 5.54 Å². The molecule has 17 heavy (non-hydrogen) atoms. The first-order valence-corrected chi connectivity index (χ1v) is 6.21. The Morgan fingerprint density at radius 1 is 1.41 bits per heavy atom. The lowest BCUT2D eigenvalue weighted by Crippen LogP contribution is -2.42. The minimum atomic E-state index is -0.0415. The van der Waals surface area contributed by atoms with Crippen molar-refractivity contribution in [1.82, 2.24) is 9.88 Å². The molecule has 0 radical (unpaired) electrons. The van der Waals surface area contributed by atoms with Crippen molar-refractivity contribution in [3.8, 4) is 5.75 Å². The van der Waals surface area contributed by atoms with Crippen LogP contribution >= 0.6 is 11.6 Å². The van der Waals surface area contributed by atoms with E-state index in [9.17, 15) is 0 Å². The van der Waals surface area contributed by atoms with E-state index in [0.717, 1.165) is 23.7 Å². The summed E-state index contributed by atoms with van der Waals surface area (Å²) in [5.74, 6) is 1.44. The highest BCUT2D eigenvalue weighted by atomic mass is 35.5. The molecule has 3 nitrogen and oxygen atoms in total. The lowest BCUT2D eigenvalue weighted by atomic mass is 10.1. The zero-order valence-corrected chi connectivity index (χ0v) is 12.0. The standard InChI is InChI=1S/C13H21ClN2O/c1-10-6-12(17-5)7-11(15-10)8-16(4)13(2,3)9-14/h6-7H,8-9H2,1-5H3. The van der Waals surface area contributed by atoms with Crippen LogP contribution in [0.15, 0.2) is 12.1 Å². The van der Waals surface area contributed by atoms with Gasteiger partial charge in [0.15, 0.2) is 0 Å². The number of hydrogen-bond acceptors (Lipinski definition) is 3. The maximum Gasteiger partial charge on any atom is 0.122 e. The Labute approximate surface area is 109 Å². The molecule has 0 spiro atoms. The maximum absolute atomic E-state index is 5.96. The molecule has 1 heterocycles. The summed E-state index contributed by atoms with van der Waals surface area (Å²) in [5, 5.41) is 0. The summed E-state index contributed by atoms with van der Waals surface area (Å²) >= 11 is 5.96. The molecule has 0 saturated carbocycles. The number of ether oxygens (including phenoxy) is 1. The molecule has 96 valence electrons. The van der Waals surface area contributed by atoms with Crippen LogP contribution in [0.4, 0.5) is 0 Å². The highest BCUT2D eigenvalue weighted by Gasteiger charge is 2.22. The van der Waals surface area contributed by atoms with Gasteiger partial charge in [0.25, 0.3) is 0 Å². The molecule has 0 aliphatic carbocycles. The Bertz CT molecular complexity index is 380. The van der Waals surface area contributed by atoms with E-state index in [1.54, 1.807) is 7.11 Å². The molecule has 0 unspecified atom stereocenters. The second kappa shape index (κ2) is 5.69. The number of pyridine rings is 1. The van der Waals surface area contributed by atoms with Gasteiger partial charge in [-0.2, -0.15) is 0 Å². The van der Waals surface area contributed by atoms with Gasteiger partial charge in [0.1, 0.15) is 5.75 Å². The summed E-state index contributed by atoms with van der Waals surface area (Å²) in [7, 11) is 3.73. The van der Waals surface area contributed by atoms with Crippen LogP contribution in [0.3, 0.4) is 0 Å². The van der Waals surface area contributed by atoms with E-state index in [4.69, 9.17) is 16.3 Å². The Kier molecular flexibility index (Phi) is 4.78. The molecule has 0 aromatic carbocycles. The first kappa shape index (κ1) is 14.3. The van der Waals surface area contributed by atoms with E-state index in [1.807, 2.05) is 19.1 Å². The third kappa shape index (κ3) is 3.86. The normalized spacial score (nSPS) is 11.9. The number of alkyl halides is 1. The van der Waals surface area contributed by atoms with Gasteiger partial charge in [0, 0.05) is 35.8 Å². The number of aryl methyl sites for hydroxylation is 1. The maximum atomic E-state index is 5.96. The number of rotatable bonds is 5. The zero-order chi connectivity index (χ0) is 13.1. The van der Waals surface area contributed by atoms with E-state index in [1.165, 1.54) is 0 Å². The van der Waals surface area contributed by atoms with Crippen LogP contribution in [-0.2, 0) is 6.54 Å². The minimum Gasteiger partial charge on any atom is -0.497 e. The van der Waals surface area contributed by atoms with Crippen LogP contribution in [0.2, 0.25) is 0 Å². The average molecular weight is 257 g/mol. The average Bonchev–Trinajstić information content (AvgIpc) is 2.28. The Balaban J connectivity index is 2.84. The van der Waals surface area contributed by atoms with Crippen molar-refractivity contribution in [3.05, 3.63) is 23.5 Å².